The normalized spacial score (nSPS) is 16.9. The molecule has 9 aliphatic rings. The Hall–Kier alpha value is -3.96. The second kappa shape index (κ2) is 44.3. The van der Waals surface area contributed by atoms with Gasteiger partial charge in [-0.25, -0.2) is 46.3 Å². The van der Waals surface area contributed by atoms with E-state index >= 15 is 0 Å². The predicted molar refractivity (Wildman–Crippen MR) is 563 cm³/mol. The molecule has 0 aromatic carbocycles. The summed E-state index contributed by atoms with van der Waals surface area (Å²) in [6, 6.07) is 11.3. The van der Waals surface area contributed by atoms with Crippen molar-refractivity contribution in [3.05, 3.63) is 250 Å². The first kappa shape index (κ1) is 113. The topological polar surface area (TPSA) is 116 Å². The second-order valence-electron chi connectivity index (χ2n) is 46.9. The summed E-state index contributed by atoms with van der Waals surface area (Å²) in [6.07, 6.45) is 23.7. The van der Waals surface area contributed by atoms with E-state index in [0.29, 0.717) is 87.1 Å². The largest absolute Gasteiger partial charge is 0.259 e. The average Bonchev–Trinajstić information content (AvgIpc) is 1.18. The van der Waals surface area contributed by atoms with Gasteiger partial charge in [0.15, 0.2) is 11.6 Å². The van der Waals surface area contributed by atoms with E-state index in [2.05, 4.69) is 354 Å². The van der Waals surface area contributed by atoms with Gasteiger partial charge in [0.05, 0.1) is 86.7 Å². The first-order valence-electron chi connectivity index (χ1n) is 47.3. The number of halogens is 18. The Kier molecular flexibility index (Phi) is 37.1. The van der Waals surface area contributed by atoms with E-state index in [1.807, 2.05) is 26.8 Å². The summed E-state index contributed by atoms with van der Waals surface area (Å²) in [5.41, 5.74) is 16.3. The number of hydrogen-bond acceptors (Lipinski definition) is 9. The molecule has 0 bridgehead atoms. The van der Waals surface area contributed by atoms with Gasteiger partial charge in [0.1, 0.15) is 27.9 Å². The van der Waals surface area contributed by atoms with Crippen LogP contribution in [0.3, 0.4) is 0 Å². The van der Waals surface area contributed by atoms with Crippen molar-refractivity contribution in [2.45, 2.75) is 405 Å². The first-order valence-corrected chi connectivity index (χ1v) is 54.4. The molecule has 9 aliphatic carbocycles. The second-order valence-corrected chi connectivity index (χ2v) is 54.3. The average molecular weight is 2450 g/mol. The van der Waals surface area contributed by atoms with Crippen LogP contribution in [-0.2, 0) is 48.7 Å². The van der Waals surface area contributed by atoms with Crippen molar-refractivity contribution in [2.75, 3.05) is 0 Å². The van der Waals surface area contributed by atoms with Crippen LogP contribution in [0.5, 0.6) is 0 Å². The summed E-state index contributed by atoms with van der Waals surface area (Å²) < 4.78 is 128. The number of hydrogen-bond donors (Lipinski definition) is 0. The third-order valence-corrected chi connectivity index (χ3v) is 30.0. The van der Waals surface area contributed by atoms with Crippen molar-refractivity contribution in [1.29, 1.82) is 0 Å². The van der Waals surface area contributed by atoms with E-state index in [1.165, 1.54) is 87.6 Å². The molecule has 0 aliphatic heterocycles. The Morgan fingerprint density at radius 2 is 0.607 bits per heavy atom. The van der Waals surface area contributed by atoms with E-state index in [0.717, 1.165) is 148 Å². The number of aromatic nitrogens is 9. The Morgan fingerprint density at radius 3 is 1.07 bits per heavy atom. The van der Waals surface area contributed by atoms with Crippen LogP contribution in [0.4, 0.5) is 39.5 Å². The van der Waals surface area contributed by atoms with E-state index in [9.17, 15) is 39.5 Å². The van der Waals surface area contributed by atoms with E-state index in [4.69, 9.17) is 0 Å². The lowest BCUT2D eigenvalue weighted by molar-refractivity contribution is 0.499. The van der Waals surface area contributed by atoms with E-state index in [-0.39, 0.29) is 89.6 Å². The van der Waals surface area contributed by atoms with Crippen molar-refractivity contribution < 1.29 is 39.5 Å². The predicted octanol–water partition coefficient (Wildman–Crippen LogP) is 37.4. The minimum atomic E-state index is -0.399. The lowest BCUT2D eigenvalue weighted by Crippen LogP contribution is -2.17. The SMILES string of the molecule is CC(C)(C)c1nc(Br)c(F)cc1C1CC1.CC(C)(C)c1nc(C2CC2)c(Br)cc1F.CC(C)(C)c1nc(C2CC2)c(F)cc1Br.CC(C)(C)c1nc(C2CC2)cc(F)c1Br.CC(C)(C)c1nc(F)c(Br)cc1C1CC1.CC(C)(C)c1nc(F)cc(Br)c1C1CC1.CC(C)(C)c1nc(F)cc(C2CC2)c1Br.CC(C)(C)c1ncc(Br)c(F)c1C1CC1.CC(C)(C)c1ncc(F)c(Br)c1C1CC1. The minimum Gasteiger partial charge on any atom is -0.259 e. The number of nitrogens with zero attached hydrogens (tertiary/aromatic N) is 9. The van der Waals surface area contributed by atoms with Crippen molar-refractivity contribution in [2.24, 2.45) is 0 Å². The summed E-state index contributed by atoms with van der Waals surface area (Å²) in [5, 5.41) is 0. The molecule has 0 N–H and O–H groups in total. The van der Waals surface area contributed by atoms with Crippen LogP contribution in [0.25, 0.3) is 0 Å². The van der Waals surface area contributed by atoms with Crippen molar-refractivity contribution in [3.8, 4) is 0 Å². The standard InChI is InChI=1S/9C12H15BrFN/c1-12(2,3)11-9(7-4-5-7)10(13)8(14)6-15-11;1-12(2,3)11-9(7-4-5-7)10(14)8(13)6-15-11;1-12(2,3)11-8(13)6-9(14)10(15-11)7-4-5-7;1-12(2,3)11-10(7-4-5-7)8(13)6-9(14)15-11;1-12(2,3)11-9(14)6-8(13)10(15-11)7-4-5-7;1-12(2,3)11-10(13)8(14)6-9(15-11)7-4-5-7;1-12(2,3)11-10(13)8(7-4-5-7)6-9(14)15-11;1-12(2,3)10-8(7-4-5-7)6-9(14)11(13)15-10;1-12(2,3)10-8(7-4-5-7)6-9(13)11(14)15-10/h9*6-7H,4-5H2,1-3H3. The van der Waals surface area contributed by atoms with Gasteiger partial charge in [0.2, 0.25) is 17.8 Å². The Bertz CT molecular complexity index is 5460. The number of pyridine rings is 9. The molecule has 9 aromatic heterocycles. The highest BCUT2D eigenvalue weighted by Gasteiger charge is 2.41. The lowest BCUT2D eigenvalue weighted by atomic mass is 9.87. The van der Waals surface area contributed by atoms with Gasteiger partial charge in [0.25, 0.3) is 0 Å². The van der Waals surface area contributed by atoms with Gasteiger partial charge in [-0.3, -0.25) is 24.9 Å². The zero-order valence-corrected chi connectivity index (χ0v) is 97.7. The van der Waals surface area contributed by atoms with Crippen molar-refractivity contribution in [1.82, 2.24) is 44.9 Å². The molecular formula is C108H135Br9F9N9. The molecule has 0 unspecified atom stereocenters. The summed E-state index contributed by atoms with van der Waals surface area (Å²) in [4.78, 5) is 38.7. The lowest BCUT2D eigenvalue weighted by Gasteiger charge is -2.22. The summed E-state index contributed by atoms with van der Waals surface area (Å²) in [5.74, 6) is 2.25. The first-order chi connectivity index (χ1) is 62.1. The van der Waals surface area contributed by atoms with Crippen LogP contribution >= 0.6 is 143 Å². The molecule has 0 atom stereocenters. The van der Waals surface area contributed by atoms with Crippen LogP contribution in [0, 0.1) is 52.7 Å². The smallest absolute Gasteiger partial charge is 0.227 e. The fourth-order valence-electron chi connectivity index (χ4n) is 15.7. The van der Waals surface area contributed by atoms with Crippen LogP contribution in [-0.4, -0.2) is 44.9 Å². The zero-order valence-electron chi connectivity index (χ0n) is 83.4. The molecule has 0 spiro atoms. The molecule has 27 heteroatoms. The molecule has 9 nitrogen and oxygen atoms in total. The van der Waals surface area contributed by atoms with E-state index < -0.39 is 11.9 Å². The molecule has 9 fully saturated rings. The van der Waals surface area contributed by atoms with E-state index in [1.54, 1.807) is 36.5 Å². The molecule has 9 saturated carbocycles. The maximum Gasteiger partial charge on any atom is 0.227 e. The molecule has 9 aromatic rings. The molecule has 0 amide bonds. The van der Waals surface area contributed by atoms with Crippen LogP contribution in [0.2, 0.25) is 0 Å². The molecule has 18 rings (SSSR count). The van der Waals surface area contributed by atoms with Gasteiger partial charge in [-0.1, -0.05) is 203 Å². The van der Waals surface area contributed by atoms with Crippen molar-refractivity contribution in [3.63, 3.8) is 0 Å². The van der Waals surface area contributed by atoms with Gasteiger partial charge < -0.3 is 0 Å². The van der Waals surface area contributed by atoms with Gasteiger partial charge in [-0.15, -0.1) is 0 Å². The van der Waals surface area contributed by atoms with Crippen molar-refractivity contribution >= 4 is 143 Å². The molecule has 0 saturated heterocycles. The highest BCUT2D eigenvalue weighted by molar-refractivity contribution is 9.12. The van der Waals surface area contributed by atoms with Gasteiger partial charge in [-0.05, 0) is 343 Å². The summed E-state index contributed by atoms with van der Waals surface area (Å²) in [6.45, 7) is 56.0. The maximum absolute atomic E-state index is 14.0. The van der Waals surface area contributed by atoms with Gasteiger partial charge >= 0.3 is 0 Å². The van der Waals surface area contributed by atoms with Gasteiger partial charge in [-0.2, -0.15) is 13.2 Å². The molecular weight excluding hydrogens is 2310 g/mol. The minimum absolute atomic E-state index is 0.0197. The monoisotopic (exact) mass is 2440 g/mol. The summed E-state index contributed by atoms with van der Waals surface area (Å²) in [7, 11) is 0. The Labute approximate surface area is 873 Å². The number of rotatable bonds is 9. The zero-order chi connectivity index (χ0) is 101. The maximum atomic E-state index is 14.0. The molecule has 0 radical (unpaired) electrons. The highest BCUT2D eigenvalue weighted by atomic mass is 79.9. The Balaban J connectivity index is 0.000000157. The van der Waals surface area contributed by atoms with Crippen LogP contribution in [0.1, 0.15) is 457 Å². The highest BCUT2D eigenvalue weighted by Crippen LogP contribution is 2.54. The molecule has 738 valence electrons. The van der Waals surface area contributed by atoms with Crippen LogP contribution in [0.15, 0.2) is 95.2 Å². The fourth-order valence-corrected chi connectivity index (χ4v) is 21.3. The molecule has 9 heterocycles. The third-order valence-electron chi connectivity index (χ3n) is 24.0. The fraction of sp³-hybridized carbons (Fsp3) is 0.583. The summed E-state index contributed by atoms with van der Waals surface area (Å²) >= 11 is 30.0. The molecule has 135 heavy (non-hydrogen) atoms. The third kappa shape index (κ3) is 31.8. The Morgan fingerprint density at radius 1 is 0.230 bits per heavy atom. The van der Waals surface area contributed by atoms with Crippen LogP contribution < -0.4 is 0 Å². The van der Waals surface area contributed by atoms with Gasteiger partial charge in [0, 0.05) is 108 Å². The quantitative estimate of drug-likeness (QED) is 0.103.